The van der Waals surface area contributed by atoms with Crippen LogP contribution in [0.3, 0.4) is 0 Å². The van der Waals surface area contributed by atoms with Crippen molar-refractivity contribution >= 4 is 11.7 Å². The molecule has 11 heteroatoms. The summed E-state index contributed by atoms with van der Waals surface area (Å²) in [6, 6.07) is 5.26. The second kappa shape index (κ2) is 7.70. The molecule has 0 spiro atoms. The Morgan fingerprint density at radius 2 is 1.78 bits per heavy atom. The highest BCUT2D eigenvalue weighted by atomic mass is 19.4. The molecule has 1 aromatic heterocycles. The lowest BCUT2D eigenvalue weighted by Crippen LogP contribution is -2.30. The van der Waals surface area contributed by atoms with Gasteiger partial charge in [0.25, 0.3) is 0 Å². The van der Waals surface area contributed by atoms with Gasteiger partial charge in [0.05, 0.1) is 11.1 Å². The predicted molar refractivity (Wildman–Crippen MR) is 103 cm³/mol. The van der Waals surface area contributed by atoms with Gasteiger partial charge in [-0.15, -0.1) is 13.2 Å². The Morgan fingerprint density at radius 1 is 1.16 bits per heavy atom. The number of hydrogen-bond donors (Lipinski definition) is 1. The van der Waals surface area contributed by atoms with Crippen LogP contribution in [0, 0.1) is 5.41 Å². The van der Waals surface area contributed by atoms with Crippen molar-refractivity contribution in [1.29, 1.82) is 0 Å². The Bertz CT molecular complexity index is 1000. The molecule has 32 heavy (non-hydrogen) atoms. The van der Waals surface area contributed by atoms with Crippen molar-refractivity contribution < 1.29 is 35.9 Å². The highest BCUT2D eigenvalue weighted by molar-refractivity contribution is 5.92. The number of carbonyl (C=O) groups is 1. The summed E-state index contributed by atoms with van der Waals surface area (Å²) in [7, 11) is 1.62. The van der Waals surface area contributed by atoms with E-state index < -0.39 is 30.3 Å². The molecule has 0 radical (unpaired) electrons. The van der Waals surface area contributed by atoms with E-state index >= 15 is 0 Å². The number of amides is 1. The SMILES string of the molecule is Cn1nc(NC(=O)CC2(C(F)(F)F)CC2)c(C2CCC2)c1-c1ccc(OC(F)(F)F)cc1. The molecule has 2 aromatic rings. The van der Waals surface area contributed by atoms with Crippen LogP contribution in [0.1, 0.15) is 50.0 Å². The molecule has 2 saturated carbocycles. The zero-order valence-corrected chi connectivity index (χ0v) is 17.1. The fraction of sp³-hybridized carbons (Fsp3) is 0.524. The predicted octanol–water partition coefficient (Wildman–Crippen LogP) is 5.92. The number of alkyl halides is 6. The molecule has 1 aromatic carbocycles. The van der Waals surface area contributed by atoms with E-state index in [9.17, 15) is 31.1 Å². The first-order valence-electron chi connectivity index (χ1n) is 10.2. The van der Waals surface area contributed by atoms with E-state index in [0.717, 1.165) is 19.3 Å². The number of aromatic nitrogens is 2. The zero-order chi connectivity index (χ0) is 23.3. The molecule has 5 nitrogen and oxygen atoms in total. The number of rotatable bonds is 6. The minimum absolute atomic E-state index is 0.0533. The summed E-state index contributed by atoms with van der Waals surface area (Å²) >= 11 is 0. The first-order chi connectivity index (χ1) is 14.9. The topological polar surface area (TPSA) is 56.2 Å². The molecule has 4 rings (SSSR count). The van der Waals surface area contributed by atoms with Crippen LogP contribution in [0.15, 0.2) is 24.3 Å². The molecule has 2 aliphatic carbocycles. The Labute approximate surface area is 179 Å². The van der Waals surface area contributed by atoms with E-state index in [4.69, 9.17) is 0 Å². The smallest absolute Gasteiger partial charge is 0.406 e. The fourth-order valence-corrected chi connectivity index (χ4v) is 4.07. The molecule has 1 amide bonds. The van der Waals surface area contributed by atoms with Crippen LogP contribution in [0.25, 0.3) is 11.3 Å². The number of aryl methyl sites for hydroxylation is 1. The van der Waals surface area contributed by atoms with Crippen molar-refractivity contribution in [3.63, 3.8) is 0 Å². The lowest BCUT2D eigenvalue weighted by molar-refractivity contribution is -0.274. The highest BCUT2D eigenvalue weighted by Crippen LogP contribution is 2.60. The number of anilines is 1. The molecular weight excluding hydrogens is 440 g/mol. The first-order valence-corrected chi connectivity index (χ1v) is 10.2. The Hall–Kier alpha value is -2.72. The van der Waals surface area contributed by atoms with Gasteiger partial charge >= 0.3 is 12.5 Å². The molecule has 2 fully saturated rings. The van der Waals surface area contributed by atoms with Gasteiger partial charge in [0, 0.05) is 24.6 Å². The summed E-state index contributed by atoms with van der Waals surface area (Å²) in [6.45, 7) is 0. The van der Waals surface area contributed by atoms with Crippen LogP contribution in [0.4, 0.5) is 32.2 Å². The van der Waals surface area contributed by atoms with Crippen molar-refractivity contribution in [1.82, 2.24) is 9.78 Å². The van der Waals surface area contributed by atoms with Gasteiger partial charge < -0.3 is 10.1 Å². The summed E-state index contributed by atoms with van der Waals surface area (Å²) in [5.41, 5.74) is -0.112. The fourth-order valence-electron chi connectivity index (χ4n) is 4.07. The normalized spacial score (nSPS) is 18.2. The standard InChI is InChI=1S/C21H21F6N3O2/c1-30-17(13-5-7-14(8-6-13)32-21(25,26)27)16(12-3-2-4-12)18(29-30)28-15(31)11-19(9-10-19)20(22,23)24/h5-8,12H,2-4,9-11H2,1H3,(H,28,29,31). The summed E-state index contributed by atoms with van der Waals surface area (Å²) in [6.07, 6.45) is -7.43. The number of carbonyl (C=O) groups excluding carboxylic acids is 1. The largest absolute Gasteiger partial charge is 0.573 e. The van der Waals surface area contributed by atoms with Gasteiger partial charge in [-0.3, -0.25) is 9.48 Å². The molecule has 2 aliphatic rings. The van der Waals surface area contributed by atoms with Crippen molar-refractivity contribution in [2.45, 2.75) is 57.0 Å². The third kappa shape index (κ3) is 4.42. The minimum atomic E-state index is -4.81. The average molecular weight is 461 g/mol. The Kier molecular flexibility index (Phi) is 5.41. The second-order valence-corrected chi connectivity index (χ2v) is 8.44. The molecule has 1 N–H and O–H groups in total. The van der Waals surface area contributed by atoms with Crippen LogP contribution in [0.5, 0.6) is 5.75 Å². The van der Waals surface area contributed by atoms with E-state index in [0.29, 0.717) is 16.8 Å². The number of halogens is 6. The quantitative estimate of drug-likeness (QED) is 0.543. The van der Waals surface area contributed by atoms with E-state index in [2.05, 4.69) is 15.2 Å². The van der Waals surface area contributed by atoms with Crippen LogP contribution in [0.2, 0.25) is 0 Å². The summed E-state index contributed by atoms with van der Waals surface area (Å²) in [5, 5.41) is 6.87. The molecule has 0 bridgehead atoms. The average Bonchev–Trinajstić information content (AvgIpc) is 3.33. The van der Waals surface area contributed by atoms with Crippen LogP contribution >= 0.6 is 0 Å². The van der Waals surface area contributed by atoms with Crippen molar-refractivity contribution in [2.75, 3.05) is 5.32 Å². The third-order valence-corrected chi connectivity index (χ3v) is 6.17. The van der Waals surface area contributed by atoms with Gasteiger partial charge in [0.2, 0.25) is 5.91 Å². The monoisotopic (exact) mass is 461 g/mol. The summed E-state index contributed by atoms with van der Waals surface area (Å²) in [5.74, 6) is -0.869. The number of nitrogens with one attached hydrogen (secondary N) is 1. The number of hydrogen-bond acceptors (Lipinski definition) is 3. The highest BCUT2D eigenvalue weighted by Gasteiger charge is 2.63. The van der Waals surface area contributed by atoms with Gasteiger partial charge in [-0.05, 0) is 55.9 Å². The van der Waals surface area contributed by atoms with Crippen molar-refractivity contribution in [2.24, 2.45) is 12.5 Å². The molecule has 0 saturated heterocycles. The van der Waals surface area contributed by atoms with Gasteiger partial charge in [-0.25, -0.2) is 0 Å². The van der Waals surface area contributed by atoms with E-state index in [1.54, 1.807) is 7.05 Å². The van der Waals surface area contributed by atoms with Gasteiger partial charge in [0.15, 0.2) is 5.82 Å². The molecule has 0 unspecified atom stereocenters. The Morgan fingerprint density at radius 3 is 2.25 bits per heavy atom. The maximum absolute atomic E-state index is 13.2. The summed E-state index contributed by atoms with van der Waals surface area (Å²) < 4.78 is 82.3. The first kappa shape index (κ1) is 22.5. The molecule has 174 valence electrons. The lowest BCUT2D eigenvalue weighted by atomic mass is 9.79. The van der Waals surface area contributed by atoms with Crippen LogP contribution in [-0.2, 0) is 11.8 Å². The van der Waals surface area contributed by atoms with Gasteiger partial charge in [0.1, 0.15) is 5.75 Å². The maximum Gasteiger partial charge on any atom is 0.573 e. The molecule has 0 atom stereocenters. The van der Waals surface area contributed by atoms with E-state index in [1.165, 1.54) is 28.9 Å². The summed E-state index contributed by atoms with van der Waals surface area (Å²) in [4.78, 5) is 12.4. The van der Waals surface area contributed by atoms with Crippen LogP contribution < -0.4 is 10.1 Å². The van der Waals surface area contributed by atoms with E-state index in [1.807, 2.05) is 0 Å². The number of nitrogens with zero attached hydrogens (tertiary/aromatic N) is 2. The number of ether oxygens (including phenoxy) is 1. The third-order valence-electron chi connectivity index (χ3n) is 6.17. The maximum atomic E-state index is 13.2. The number of benzene rings is 1. The minimum Gasteiger partial charge on any atom is -0.406 e. The second-order valence-electron chi connectivity index (χ2n) is 8.44. The molecule has 1 heterocycles. The lowest BCUT2D eigenvalue weighted by Gasteiger charge is -2.27. The Balaban J connectivity index is 1.60. The zero-order valence-electron chi connectivity index (χ0n) is 17.1. The van der Waals surface area contributed by atoms with Gasteiger partial charge in [-0.2, -0.15) is 18.3 Å². The van der Waals surface area contributed by atoms with Crippen molar-refractivity contribution in [3.8, 4) is 17.0 Å². The van der Waals surface area contributed by atoms with Crippen molar-refractivity contribution in [3.05, 3.63) is 29.8 Å². The van der Waals surface area contributed by atoms with Gasteiger partial charge in [-0.1, -0.05) is 6.42 Å². The van der Waals surface area contributed by atoms with E-state index in [-0.39, 0.29) is 30.3 Å². The van der Waals surface area contributed by atoms with Crippen LogP contribution in [-0.4, -0.2) is 28.2 Å². The molecule has 0 aliphatic heterocycles. The molecular formula is C21H21F6N3O2.